The van der Waals surface area contributed by atoms with Gasteiger partial charge in [-0.1, -0.05) is 28.5 Å². The minimum Gasteiger partial charge on any atom is -0.409 e. The molecule has 10 heteroatoms. The minimum atomic E-state index is -3.96. The number of H-pyrrole nitrogens is 1. The van der Waals surface area contributed by atoms with Gasteiger partial charge in [0.25, 0.3) is 5.89 Å². The Morgan fingerprint density at radius 2 is 2.14 bits per heavy atom. The maximum Gasteiger partial charge on any atom is 0.336 e. The van der Waals surface area contributed by atoms with E-state index in [0.717, 1.165) is 10.9 Å². The summed E-state index contributed by atoms with van der Waals surface area (Å²) in [6, 6.07) is 9.26. The number of benzene rings is 1. The molecule has 1 aromatic carbocycles. The summed E-state index contributed by atoms with van der Waals surface area (Å²) < 4.78 is 29.1. The number of nitrogens with one attached hydrogen (secondary N) is 1. The summed E-state index contributed by atoms with van der Waals surface area (Å²) in [6.07, 6.45) is 0. The van der Waals surface area contributed by atoms with Crippen molar-refractivity contribution in [3.05, 3.63) is 30.3 Å². The van der Waals surface area contributed by atoms with Crippen LogP contribution in [0.25, 0.3) is 22.5 Å². The van der Waals surface area contributed by atoms with Crippen LogP contribution in [0.2, 0.25) is 0 Å². The first-order valence-electron chi connectivity index (χ1n) is 6.10. The summed E-state index contributed by atoms with van der Waals surface area (Å²) in [5.41, 5.74) is 6.55. The minimum absolute atomic E-state index is 0.0364. The van der Waals surface area contributed by atoms with Crippen LogP contribution in [-0.2, 0) is 9.84 Å². The highest BCUT2D eigenvalue weighted by molar-refractivity contribution is 7.91. The molecule has 0 aliphatic heterocycles. The highest BCUT2D eigenvalue weighted by Crippen LogP contribution is 2.24. The molecule has 3 rings (SSSR count). The van der Waals surface area contributed by atoms with Crippen LogP contribution >= 0.6 is 0 Å². The predicted molar refractivity (Wildman–Crippen MR) is 77.1 cm³/mol. The van der Waals surface area contributed by atoms with Crippen molar-refractivity contribution < 1.29 is 18.0 Å². The van der Waals surface area contributed by atoms with E-state index >= 15 is 0 Å². The van der Waals surface area contributed by atoms with Crippen LogP contribution in [0.1, 0.15) is 0 Å². The molecule has 9 nitrogen and oxygen atoms in total. The van der Waals surface area contributed by atoms with Gasteiger partial charge in [-0.15, -0.1) is 5.10 Å². The molecule has 0 amide bonds. The van der Waals surface area contributed by atoms with E-state index in [4.69, 9.17) is 15.4 Å². The standard InChI is InChI=1S/C12H11N5O4S/c13-10(17-18)6-22(19,20)12-16-15-11(21-12)9-5-7-3-1-2-4-8(7)14-9/h1-5,14,18H,6H2,(H2,13,17). The van der Waals surface area contributed by atoms with Gasteiger partial charge in [0.2, 0.25) is 9.84 Å². The Kier molecular flexibility index (Phi) is 3.29. The summed E-state index contributed by atoms with van der Waals surface area (Å²) in [6.45, 7) is 0. The average Bonchev–Trinajstić information content (AvgIpc) is 3.13. The van der Waals surface area contributed by atoms with Crippen molar-refractivity contribution in [2.45, 2.75) is 5.22 Å². The summed E-state index contributed by atoms with van der Waals surface area (Å²) >= 11 is 0. The van der Waals surface area contributed by atoms with Gasteiger partial charge in [-0.05, 0) is 12.1 Å². The second-order valence-electron chi connectivity index (χ2n) is 4.49. The van der Waals surface area contributed by atoms with Gasteiger partial charge in [-0.25, -0.2) is 8.42 Å². The second kappa shape index (κ2) is 5.15. The van der Waals surface area contributed by atoms with Gasteiger partial charge >= 0.3 is 5.22 Å². The molecule has 0 atom stereocenters. The fourth-order valence-corrected chi connectivity index (χ4v) is 2.86. The van der Waals surface area contributed by atoms with E-state index in [2.05, 4.69) is 20.3 Å². The molecule has 0 spiro atoms. The number of amidine groups is 1. The van der Waals surface area contributed by atoms with Crippen LogP contribution in [0.3, 0.4) is 0 Å². The molecule has 0 unspecified atom stereocenters. The first-order chi connectivity index (χ1) is 10.5. The van der Waals surface area contributed by atoms with E-state index in [1.54, 1.807) is 6.07 Å². The highest BCUT2D eigenvalue weighted by Gasteiger charge is 2.25. The Balaban J connectivity index is 1.96. The summed E-state index contributed by atoms with van der Waals surface area (Å²) in [5.74, 6) is -1.14. The van der Waals surface area contributed by atoms with E-state index in [1.165, 1.54) is 0 Å². The monoisotopic (exact) mass is 321 g/mol. The molecular formula is C12H11N5O4S. The smallest absolute Gasteiger partial charge is 0.336 e. The van der Waals surface area contributed by atoms with Crippen LogP contribution in [0.4, 0.5) is 0 Å². The molecule has 0 fully saturated rings. The van der Waals surface area contributed by atoms with Crippen LogP contribution < -0.4 is 5.73 Å². The lowest BCUT2D eigenvalue weighted by Crippen LogP contribution is -2.24. The molecule has 22 heavy (non-hydrogen) atoms. The average molecular weight is 321 g/mol. The molecule has 114 valence electrons. The molecule has 2 heterocycles. The van der Waals surface area contributed by atoms with Crippen molar-refractivity contribution in [2.24, 2.45) is 10.9 Å². The number of para-hydroxylation sites is 1. The van der Waals surface area contributed by atoms with Crippen molar-refractivity contribution in [2.75, 3.05) is 5.75 Å². The van der Waals surface area contributed by atoms with Crippen molar-refractivity contribution in [3.8, 4) is 11.6 Å². The van der Waals surface area contributed by atoms with Gasteiger partial charge in [0.05, 0.1) is 0 Å². The number of aromatic nitrogens is 3. The lowest BCUT2D eigenvalue weighted by atomic mass is 10.2. The van der Waals surface area contributed by atoms with Gasteiger partial charge in [0, 0.05) is 10.9 Å². The number of nitrogens with zero attached hydrogens (tertiary/aromatic N) is 3. The van der Waals surface area contributed by atoms with E-state index in [-0.39, 0.29) is 5.89 Å². The maximum atomic E-state index is 11.9. The number of rotatable bonds is 4. The van der Waals surface area contributed by atoms with E-state index < -0.39 is 26.6 Å². The fraction of sp³-hybridized carbons (Fsp3) is 0.0833. The van der Waals surface area contributed by atoms with Gasteiger partial charge in [-0.2, -0.15) is 0 Å². The number of sulfone groups is 1. The first-order valence-corrected chi connectivity index (χ1v) is 7.75. The Hall–Kier alpha value is -2.88. The SMILES string of the molecule is N/C(CS(=O)(=O)c1nnc(-c2cc3ccccc3[nH]2)o1)=N/O. The molecular weight excluding hydrogens is 310 g/mol. The molecule has 4 N–H and O–H groups in total. The maximum absolute atomic E-state index is 11.9. The number of fused-ring (bicyclic) bond motifs is 1. The second-order valence-corrected chi connectivity index (χ2v) is 6.36. The number of hydrogen-bond acceptors (Lipinski definition) is 7. The third-order valence-corrected chi connectivity index (χ3v) is 4.27. The predicted octanol–water partition coefficient (Wildman–Crippen LogP) is 0.738. The molecule has 0 aliphatic rings. The Morgan fingerprint density at radius 1 is 1.36 bits per heavy atom. The Morgan fingerprint density at radius 3 is 2.86 bits per heavy atom. The Labute approximate surface area is 124 Å². The summed E-state index contributed by atoms with van der Waals surface area (Å²) in [5, 5.41) is 18.6. The topological polar surface area (TPSA) is 147 Å². The number of oxime groups is 1. The fourth-order valence-electron chi connectivity index (χ4n) is 1.92. The lowest BCUT2D eigenvalue weighted by molar-refractivity contribution is 0.318. The van der Waals surface area contributed by atoms with Crippen molar-refractivity contribution in [1.82, 2.24) is 15.2 Å². The quantitative estimate of drug-likeness (QED) is 0.278. The molecule has 0 saturated heterocycles. The van der Waals surface area contributed by atoms with Crippen LogP contribution in [0.15, 0.2) is 45.1 Å². The van der Waals surface area contributed by atoms with Crippen LogP contribution in [-0.4, -0.2) is 40.4 Å². The molecule has 0 bridgehead atoms. The van der Waals surface area contributed by atoms with E-state index in [1.807, 2.05) is 24.3 Å². The largest absolute Gasteiger partial charge is 0.409 e. The number of aromatic amines is 1. The molecule has 0 saturated carbocycles. The third-order valence-electron chi connectivity index (χ3n) is 2.90. The van der Waals surface area contributed by atoms with E-state index in [9.17, 15) is 8.42 Å². The molecule has 0 aliphatic carbocycles. The summed E-state index contributed by atoms with van der Waals surface area (Å²) in [4.78, 5) is 3.05. The Bertz CT molecular complexity index is 924. The van der Waals surface area contributed by atoms with Crippen LogP contribution in [0.5, 0.6) is 0 Å². The lowest BCUT2D eigenvalue weighted by Gasteiger charge is -1.96. The number of hydrogen-bond donors (Lipinski definition) is 3. The molecule has 0 radical (unpaired) electrons. The van der Waals surface area contributed by atoms with E-state index in [0.29, 0.717) is 5.69 Å². The third kappa shape index (κ3) is 2.51. The van der Waals surface area contributed by atoms with Crippen LogP contribution in [0, 0.1) is 0 Å². The van der Waals surface area contributed by atoms with Gasteiger partial charge in [-0.3, -0.25) is 0 Å². The molecule has 3 aromatic rings. The summed E-state index contributed by atoms with van der Waals surface area (Å²) in [7, 11) is -3.96. The van der Waals surface area contributed by atoms with Crippen molar-refractivity contribution in [1.29, 1.82) is 0 Å². The normalized spacial score (nSPS) is 12.8. The van der Waals surface area contributed by atoms with Crippen molar-refractivity contribution >= 4 is 26.6 Å². The zero-order valence-corrected chi connectivity index (χ0v) is 11.9. The zero-order chi connectivity index (χ0) is 15.7. The highest BCUT2D eigenvalue weighted by atomic mass is 32.2. The number of nitrogens with two attached hydrogens (primary N) is 1. The van der Waals surface area contributed by atoms with Gasteiger partial charge in [0.1, 0.15) is 11.4 Å². The van der Waals surface area contributed by atoms with Crippen molar-refractivity contribution in [3.63, 3.8) is 0 Å². The first kappa shape index (κ1) is 14.1. The zero-order valence-electron chi connectivity index (χ0n) is 11.1. The molecule has 2 aromatic heterocycles. The van der Waals surface area contributed by atoms with Gasteiger partial charge < -0.3 is 20.3 Å². The van der Waals surface area contributed by atoms with Gasteiger partial charge in [0.15, 0.2) is 5.84 Å².